The van der Waals surface area contributed by atoms with E-state index in [0.29, 0.717) is 9.88 Å². The maximum absolute atomic E-state index is 11.2. The zero-order valence-electron chi connectivity index (χ0n) is 9.73. The average Bonchev–Trinajstić information content (AvgIpc) is 3.04. The first-order valence-corrected chi connectivity index (χ1v) is 6.75. The molecule has 0 radical (unpaired) electrons. The van der Waals surface area contributed by atoms with Crippen molar-refractivity contribution in [3.8, 4) is 0 Å². The normalized spacial score (nSPS) is 10.8. The van der Waals surface area contributed by atoms with Crippen molar-refractivity contribution in [2.45, 2.75) is 0 Å². The predicted molar refractivity (Wildman–Crippen MR) is 73.4 cm³/mol. The van der Waals surface area contributed by atoms with E-state index in [1.165, 1.54) is 30.7 Å². The van der Waals surface area contributed by atoms with Gasteiger partial charge in [0.25, 0.3) is 0 Å². The molecule has 2 heterocycles. The van der Waals surface area contributed by atoms with E-state index in [9.17, 15) is 14.9 Å². The third-order valence-corrected chi connectivity index (χ3v) is 3.96. The molecule has 0 spiro atoms. The molecule has 0 unspecified atom stereocenters. The number of ether oxygens (including phenoxy) is 1. The number of methoxy groups -OCH3 is 1. The average molecular weight is 296 g/mol. The number of thiazole rings is 1. The lowest BCUT2D eigenvalue weighted by atomic mass is 10.3. The molecule has 0 aliphatic rings. The van der Waals surface area contributed by atoms with E-state index in [2.05, 4.69) is 9.72 Å². The molecular formula is C11H8N2O4S2. The van der Waals surface area contributed by atoms with Crippen LogP contribution in [0.2, 0.25) is 0 Å². The molecule has 0 N–H and O–H groups in total. The summed E-state index contributed by atoms with van der Waals surface area (Å²) in [5.41, 5.74) is 0.728. The van der Waals surface area contributed by atoms with Crippen molar-refractivity contribution in [2.24, 2.45) is 0 Å². The molecule has 19 heavy (non-hydrogen) atoms. The molecule has 2 aromatic heterocycles. The molecule has 0 aliphatic carbocycles. The van der Waals surface area contributed by atoms with Crippen LogP contribution in [0, 0.1) is 10.1 Å². The van der Waals surface area contributed by atoms with E-state index in [4.69, 9.17) is 0 Å². The van der Waals surface area contributed by atoms with Gasteiger partial charge in [-0.3, -0.25) is 10.1 Å². The highest BCUT2D eigenvalue weighted by Crippen LogP contribution is 2.24. The fourth-order valence-corrected chi connectivity index (χ4v) is 2.68. The standard InChI is InChI=1S/C11H8N2O4S2/c1-17-11(14)8-5-12-9(19-8)3-2-7-4-10(13(15)16)18-6-7/h2-6H,1H3. The number of nitrogens with zero attached hydrogens (tertiary/aromatic N) is 2. The summed E-state index contributed by atoms with van der Waals surface area (Å²) in [4.78, 5) is 25.8. The van der Waals surface area contributed by atoms with E-state index in [1.54, 1.807) is 17.5 Å². The Bertz CT molecular complexity index is 645. The van der Waals surface area contributed by atoms with Crippen LogP contribution in [0.1, 0.15) is 20.2 Å². The van der Waals surface area contributed by atoms with Crippen LogP contribution in [-0.4, -0.2) is 23.0 Å². The summed E-state index contributed by atoms with van der Waals surface area (Å²) < 4.78 is 4.58. The van der Waals surface area contributed by atoms with Gasteiger partial charge in [0.05, 0.1) is 18.2 Å². The minimum absolute atomic E-state index is 0.0917. The summed E-state index contributed by atoms with van der Waals surface area (Å²) in [7, 11) is 1.31. The molecule has 0 amide bonds. The summed E-state index contributed by atoms with van der Waals surface area (Å²) in [5.74, 6) is -0.427. The lowest BCUT2D eigenvalue weighted by Crippen LogP contribution is -1.96. The van der Waals surface area contributed by atoms with E-state index in [-0.39, 0.29) is 5.00 Å². The van der Waals surface area contributed by atoms with Crippen molar-refractivity contribution in [3.63, 3.8) is 0 Å². The number of esters is 1. The fourth-order valence-electron chi connectivity index (χ4n) is 1.25. The van der Waals surface area contributed by atoms with Crippen molar-refractivity contribution in [1.29, 1.82) is 0 Å². The molecular weight excluding hydrogens is 288 g/mol. The second-order valence-electron chi connectivity index (χ2n) is 3.36. The molecule has 0 aromatic carbocycles. The maximum atomic E-state index is 11.2. The van der Waals surface area contributed by atoms with Gasteiger partial charge in [0.15, 0.2) is 0 Å². The Balaban J connectivity index is 2.11. The van der Waals surface area contributed by atoms with Crippen LogP contribution in [0.3, 0.4) is 0 Å². The molecule has 8 heteroatoms. The third-order valence-electron chi connectivity index (χ3n) is 2.11. The summed E-state index contributed by atoms with van der Waals surface area (Å²) in [6, 6.07) is 1.48. The van der Waals surface area contributed by atoms with Gasteiger partial charge in [0, 0.05) is 11.4 Å². The van der Waals surface area contributed by atoms with E-state index < -0.39 is 10.9 Å². The number of carbonyl (C=O) groups is 1. The number of hydrogen-bond acceptors (Lipinski definition) is 7. The van der Waals surface area contributed by atoms with Crippen molar-refractivity contribution < 1.29 is 14.5 Å². The number of carbonyl (C=O) groups excluding carboxylic acids is 1. The van der Waals surface area contributed by atoms with Crippen LogP contribution in [0.5, 0.6) is 0 Å². The van der Waals surface area contributed by atoms with Gasteiger partial charge in [-0.1, -0.05) is 17.4 Å². The first-order valence-electron chi connectivity index (χ1n) is 5.05. The molecule has 0 fully saturated rings. The Labute approximate surface area is 116 Å². The lowest BCUT2D eigenvalue weighted by molar-refractivity contribution is -0.380. The number of rotatable bonds is 4. The summed E-state index contributed by atoms with van der Waals surface area (Å²) in [5, 5.41) is 12.9. The second kappa shape index (κ2) is 5.72. The summed E-state index contributed by atoms with van der Waals surface area (Å²) in [6.07, 6.45) is 4.85. The number of thiophene rings is 1. The van der Waals surface area contributed by atoms with Crippen LogP contribution in [-0.2, 0) is 4.74 Å². The maximum Gasteiger partial charge on any atom is 0.349 e. The molecule has 0 atom stereocenters. The first kappa shape index (κ1) is 13.4. The molecule has 0 saturated carbocycles. The zero-order valence-corrected chi connectivity index (χ0v) is 11.4. The second-order valence-corrected chi connectivity index (χ2v) is 5.31. The van der Waals surface area contributed by atoms with Crippen molar-refractivity contribution >= 4 is 45.8 Å². The highest BCUT2D eigenvalue weighted by Gasteiger charge is 2.10. The third kappa shape index (κ3) is 3.24. The molecule has 0 aliphatic heterocycles. The zero-order chi connectivity index (χ0) is 13.8. The van der Waals surface area contributed by atoms with Gasteiger partial charge in [-0.25, -0.2) is 9.78 Å². The summed E-state index contributed by atoms with van der Waals surface area (Å²) in [6.45, 7) is 0. The molecule has 0 bridgehead atoms. The molecule has 0 saturated heterocycles. The van der Waals surface area contributed by atoms with Gasteiger partial charge in [0.1, 0.15) is 9.88 Å². The smallest absolute Gasteiger partial charge is 0.349 e. The van der Waals surface area contributed by atoms with Crippen LogP contribution in [0.15, 0.2) is 17.6 Å². The quantitative estimate of drug-likeness (QED) is 0.492. The molecule has 98 valence electrons. The first-order chi connectivity index (χ1) is 9.10. The Morgan fingerprint density at radius 3 is 2.95 bits per heavy atom. The molecule has 2 aromatic rings. The number of aromatic nitrogens is 1. The van der Waals surface area contributed by atoms with Crippen molar-refractivity contribution in [3.05, 3.63) is 43.2 Å². The topological polar surface area (TPSA) is 82.3 Å². The van der Waals surface area contributed by atoms with Gasteiger partial charge in [0.2, 0.25) is 0 Å². The van der Waals surface area contributed by atoms with Crippen LogP contribution in [0.25, 0.3) is 12.2 Å². The largest absolute Gasteiger partial charge is 0.465 e. The van der Waals surface area contributed by atoms with Gasteiger partial charge in [-0.15, -0.1) is 11.3 Å². The minimum atomic E-state index is -0.430. The van der Waals surface area contributed by atoms with Gasteiger partial charge in [-0.05, 0) is 11.6 Å². The van der Waals surface area contributed by atoms with Crippen LogP contribution < -0.4 is 0 Å². The Morgan fingerprint density at radius 2 is 2.32 bits per heavy atom. The SMILES string of the molecule is COC(=O)c1cnc(C=Cc2csc([N+](=O)[O-])c2)s1. The van der Waals surface area contributed by atoms with E-state index in [1.807, 2.05) is 0 Å². The number of nitro groups is 1. The fraction of sp³-hybridized carbons (Fsp3) is 0.0909. The summed E-state index contributed by atoms with van der Waals surface area (Å²) >= 11 is 2.26. The van der Waals surface area contributed by atoms with Crippen LogP contribution >= 0.6 is 22.7 Å². The highest BCUT2D eigenvalue weighted by molar-refractivity contribution is 7.14. The van der Waals surface area contributed by atoms with E-state index >= 15 is 0 Å². The van der Waals surface area contributed by atoms with Gasteiger partial charge in [-0.2, -0.15) is 0 Å². The Morgan fingerprint density at radius 1 is 1.53 bits per heavy atom. The molecule has 2 rings (SSSR count). The Hall–Kier alpha value is -2.06. The monoisotopic (exact) mass is 296 g/mol. The van der Waals surface area contributed by atoms with Gasteiger partial charge >= 0.3 is 11.0 Å². The lowest BCUT2D eigenvalue weighted by Gasteiger charge is -1.90. The van der Waals surface area contributed by atoms with Crippen molar-refractivity contribution in [1.82, 2.24) is 4.98 Å². The van der Waals surface area contributed by atoms with E-state index in [0.717, 1.165) is 16.9 Å². The highest BCUT2D eigenvalue weighted by atomic mass is 32.1. The Kier molecular flexibility index (Phi) is 4.03. The van der Waals surface area contributed by atoms with Crippen molar-refractivity contribution in [2.75, 3.05) is 7.11 Å². The van der Waals surface area contributed by atoms with Gasteiger partial charge < -0.3 is 4.74 Å². The van der Waals surface area contributed by atoms with Crippen LogP contribution in [0.4, 0.5) is 5.00 Å². The number of hydrogen-bond donors (Lipinski definition) is 0. The minimum Gasteiger partial charge on any atom is -0.465 e. The molecule has 6 nitrogen and oxygen atoms in total. The predicted octanol–water partition coefficient (Wildman–Crippen LogP) is 3.07.